The smallest absolute Gasteiger partial charge is 0.295 e. The van der Waals surface area contributed by atoms with Crippen molar-refractivity contribution < 1.29 is 14.3 Å². The highest BCUT2D eigenvalue weighted by Crippen LogP contribution is 2.34. The van der Waals surface area contributed by atoms with E-state index < -0.39 is 11.4 Å². The number of fused-ring (bicyclic) bond motifs is 1. The van der Waals surface area contributed by atoms with Crippen molar-refractivity contribution in [1.29, 1.82) is 0 Å². The maximum absolute atomic E-state index is 14.3. The van der Waals surface area contributed by atoms with Crippen LogP contribution in [0.3, 0.4) is 0 Å². The van der Waals surface area contributed by atoms with Crippen molar-refractivity contribution in [1.82, 2.24) is 14.3 Å². The zero-order valence-corrected chi connectivity index (χ0v) is 26.3. The number of anilines is 2. The fourth-order valence-corrected chi connectivity index (χ4v) is 6.84. The van der Waals surface area contributed by atoms with Crippen LogP contribution >= 0.6 is 23.1 Å². The number of carbonyl (C=O) groups excluding carboxylic acids is 2. The molecule has 0 saturated heterocycles. The van der Waals surface area contributed by atoms with Crippen LogP contribution in [0.5, 0.6) is 5.75 Å². The van der Waals surface area contributed by atoms with Crippen molar-refractivity contribution in [3.8, 4) is 11.4 Å². The molecule has 0 spiro atoms. The number of benzene rings is 3. The molecule has 2 heterocycles. The molecule has 222 valence electrons. The summed E-state index contributed by atoms with van der Waals surface area (Å²) in [5.74, 6) is -0.136. The van der Waals surface area contributed by atoms with E-state index in [2.05, 4.69) is 10.3 Å². The van der Waals surface area contributed by atoms with E-state index in [0.29, 0.717) is 22.8 Å². The van der Waals surface area contributed by atoms with Crippen molar-refractivity contribution in [2.24, 2.45) is 7.05 Å². The number of para-hydroxylation sites is 2. The SMILES string of the molecule is CC[C@@](C)(C(=O)Nc1ccc(OC)cc1)N(C(=O)CSc1nc2ccccc2s1)c1c(C)n(C)n(-c2ccccc2)c1=O. The van der Waals surface area contributed by atoms with Gasteiger partial charge in [-0.25, -0.2) is 9.67 Å². The standard InChI is InChI=1S/C32H33N5O4S2/c1-6-32(3,30(40)33-22-16-18-24(41-5)19-17-22)36(27(38)20-42-31-34-25-14-10-11-15-26(25)43-31)28-21(2)35(4)37(29(28)39)23-12-8-7-9-13-23/h7-19H,6,20H2,1-5H3,(H,33,40)/t32-/m0/s1. The van der Waals surface area contributed by atoms with E-state index in [1.54, 1.807) is 57.0 Å². The molecular formula is C32H33N5O4S2. The molecular weight excluding hydrogens is 583 g/mol. The number of carbonyl (C=O) groups is 2. The van der Waals surface area contributed by atoms with E-state index in [9.17, 15) is 14.4 Å². The van der Waals surface area contributed by atoms with Gasteiger partial charge in [-0.15, -0.1) is 11.3 Å². The lowest BCUT2D eigenvalue weighted by molar-refractivity contribution is -0.125. The van der Waals surface area contributed by atoms with Gasteiger partial charge in [-0.3, -0.25) is 24.0 Å². The quantitative estimate of drug-likeness (QED) is 0.193. The van der Waals surface area contributed by atoms with Crippen molar-refractivity contribution in [2.45, 2.75) is 37.1 Å². The van der Waals surface area contributed by atoms with Crippen LogP contribution in [0.25, 0.3) is 15.9 Å². The molecule has 11 heteroatoms. The highest BCUT2D eigenvalue weighted by Gasteiger charge is 2.44. The number of nitrogens with one attached hydrogen (secondary N) is 1. The Morgan fingerprint density at radius 3 is 2.37 bits per heavy atom. The second kappa shape index (κ2) is 12.5. The number of aromatic nitrogens is 3. The normalized spacial score (nSPS) is 12.6. The first-order valence-corrected chi connectivity index (χ1v) is 15.6. The number of hydrogen-bond donors (Lipinski definition) is 1. The largest absolute Gasteiger partial charge is 0.497 e. The summed E-state index contributed by atoms with van der Waals surface area (Å²) in [4.78, 5) is 48.5. The number of thioether (sulfide) groups is 1. The summed E-state index contributed by atoms with van der Waals surface area (Å²) < 4.78 is 10.2. The molecule has 5 rings (SSSR count). The van der Waals surface area contributed by atoms with Gasteiger partial charge in [0.15, 0.2) is 4.34 Å². The molecule has 0 bridgehead atoms. The van der Waals surface area contributed by atoms with Gasteiger partial charge >= 0.3 is 0 Å². The molecule has 3 aromatic carbocycles. The van der Waals surface area contributed by atoms with Gasteiger partial charge in [0.1, 0.15) is 17.0 Å². The van der Waals surface area contributed by atoms with Gasteiger partial charge in [-0.2, -0.15) is 0 Å². The Labute approximate surface area is 258 Å². The van der Waals surface area contributed by atoms with Crippen molar-refractivity contribution in [3.05, 3.63) is 94.9 Å². The van der Waals surface area contributed by atoms with Crippen LogP contribution in [-0.2, 0) is 16.6 Å². The third-order valence-corrected chi connectivity index (χ3v) is 9.77. The van der Waals surface area contributed by atoms with E-state index in [4.69, 9.17) is 4.74 Å². The summed E-state index contributed by atoms with van der Waals surface area (Å²) in [6, 6.07) is 24.0. The molecule has 0 unspecified atom stereocenters. The van der Waals surface area contributed by atoms with Crippen molar-refractivity contribution in [2.75, 3.05) is 23.1 Å². The molecule has 2 amide bonds. The molecule has 1 N–H and O–H groups in total. The number of nitrogens with zero attached hydrogens (tertiary/aromatic N) is 4. The Kier molecular flexibility index (Phi) is 8.74. The zero-order chi connectivity index (χ0) is 30.7. The predicted octanol–water partition coefficient (Wildman–Crippen LogP) is 6.04. The van der Waals surface area contributed by atoms with Gasteiger partial charge in [-0.1, -0.05) is 49.0 Å². The Bertz CT molecular complexity index is 1800. The van der Waals surface area contributed by atoms with Crippen LogP contribution in [0.4, 0.5) is 11.4 Å². The average Bonchev–Trinajstić information content (AvgIpc) is 3.54. The number of amides is 2. The maximum atomic E-state index is 14.3. The zero-order valence-electron chi connectivity index (χ0n) is 24.7. The maximum Gasteiger partial charge on any atom is 0.295 e. The first-order valence-electron chi connectivity index (χ1n) is 13.8. The molecule has 9 nitrogen and oxygen atoms in total. The lowest BCUT2D eigenvalue weighted by atomic mass is 9.93. The molecule has 43 heavy (non-hydrogen) atoms. The van der Waals surface area contributed by atoms with Crippen LogP contribution in [0.1, 0.15) is 26.0 Å². The molecule has 0 aliphatic rings. The Hall–Kier alpha value is -4.35. The first-order chi connectivity index (χ1) is 20.7. The van der Waals surface area contributed by atoms with Gasteiger partial charge < -0.3 is 10.1 Å². The van der Waals surface area contributed by atoms with Crippen molar-refractivity contribution in [3.63, 3.8) is 0 Å². The predicted molar refractivity (Wildman–Crippen MR) is 174 cm³/mol. The fraction of sp³-hybridized carbons (Fsp3) is 0.250. The van der Waals surface area contributed by atoms with Crippen LogP contribution in [0.2, 0.25) is 0 Å². The summed E-state index contributed by atoms with van der Waals surface area (Å²) >= 11 is 2.80. The van der Waals surface area contributed by atoms with Gasteiger partial charge in [0.25, 0.3) is 5.56 Å². The Morgan fingerprint density at radius 1 is 1.05 bits per heavy atom. The lowest BCUT2D eigenvalue weighted by Gasteiger charge is -2.38. The summed E-state index contributed by atoms with van der Waals surface area (Å²) in [7, 11) is 3.34. The molecule has 5 aromatic rings. The number of hydrogen-bond acceptors (Lipinski definition) is 7. The number of ether oxygens (including phenoxy) is 1. The summed E-state index contributed by atoms with van der Waals surface area (Å²) in [6.45, 7) is 5.32. The van der Waals surface area contributed by atoms with Gasteiger partial charge in [0.2, 0.25) is 11.8 Å². The minimum Gasteiger partial charge on any atom is -0.497 e. The Balaban J connectivity index is 1.56. The highest BCUT2D eigenvalue weighted by atomic mass is 32.2. The molecule has 0 aliphatic carbocycles. The Morgan fingerprint density at radius 2 is 1.72 bits per heavy atom. The van der Waals surface area contributed by atoms with E-state index >= 15 is 0 Å². The molecule has 0 aliphatic heterocycles. The fourth-order valence-electron chi connectivity index (χ4n) is 4.92. The van der Waals surface area contributed by atoms with Gasteiger partial charge in [-0.05, 0) is 68.8 Å². The van der Waals surface area contributed by atoms with Crippen LogP contribution in [0.15, 0.2) is 88.0 Å². The van der Waals surface area contributed by atoms with Crippen LogP contribution in [-0.4, -0.2) is 44.6 Å². The third kappa shape index (κ3) is 5.82. The number of thiazole rings is 1. The third-order valence-electron chi connectivity index (χ3n) is 7.61. The van der Waals surface area contributed by atoms with Gasteiger partial charge in [0, 0.05) is 12.7 Å². The van der Waals surface area contributed by atoms with Crippen LogP contribution < -0.4 is 20.5 Å². The second-order valence-corrected chi connectivity index (χ2v) is 12.4. The molecule has 0 fully saturated rings. The summed E-state index contributed by atoms with van der Waals surface area (Å²) in [6.07, 6.45) is 0.256. The molecule has 2 aromatic heterocycles. The van der Waals surface area contributed by atoms with E-state index in [1.165, 1.54) is 32.7 Å². The topological polar surface area (TPSA) is 98.5 Å². The second-order valence-electron chi connectivity index (χ2n) is 10.2. The summed E-state index contributed by atoms with van der Waals surface area (Å²) in [5, 5.41) is 2.95. The van der Waals surface area contributed by atoms with E-state index in [-0.39, 0.29) is 29.3 Å². The first kappa shape index (κ1) is 30.1. The number of methoxy groups -OCH3 is 1. The minimum absolute atomic E-state index is 0.00958. The number of rotatable bonds is 10. The highest BCUT2D eigenvalue weighted by molar-refractivity contribution is 8.01. The van der Waals surface area contributed by atoms with Crippen molar-refractivity contribution >= 4 is 56.5 Å². The summed E-state index contributed by atoms with van der Waals surface area (Å²) in [5.41, 5.74) is 1.00. The lowest BCUT2D eigenvalue weighted by Crippen LogP contribution is -2.59. The monoisotopic (exact) mass is 615 g/mol. The van der Waals surface area contributed by atoms with Gasteiger partial charge in [0.05, 0.1) is 34.5 Å². The minimum atomic E-state index is -1.40. The van der Waals surface area contributed by atoms with E-state index in [0.717, 1.165) is 14.6 Å². The van der Waals surface area contributed by atoms with Crippen LogP contribution in [0, 0.1) is 6.92 Å². The average molecular weight is 616 g/mol. The van der Waals surface area contributed by atoms with E-state index in [1.807, 2.05) is 61.5 Å². The molecule has 0 saturated carbocycles. The molecule has 1 atom stereocenters. The molecule has 0 radical (unpaired) electrons.